The maximum absolute atomic E-state index is 4.52. The molecule has 0 radical (unpaired) electrons. The Labute approximate surface area is 103 Å². The van der Waals surface area contributed by atoms with E-state index in [4.69, 9.17) is 0 Å². The van der Waals surface area contributed by atoms with Gasteiger partial charge in [-0.2, -0.15) is 5.10 Å². The normalized spacial score (nSPS) is 27.8. The second kappa shape index (κ2) is 4.30. The van der Waals surface area contributed by atoms with E-state index >= 15 is 0 Å². The number of fused-ring (bicyclic) bond motifs is 2. The van der Waals surface area contributed by atoms with Crippen LogP contribution in [0, 0.1) is 12.8 Å². The fraction of sp³-hybridized carbons (Fsp3) is 0.643. The number of hydrogen-bond donors (Lipinski definition) is 0. The van der Waals surface area contributed by atoms with Crippen molar-refractivity contribution < 1.29 is 0 Å². The third-order valence-electron chi connectivity index (χ3n) is 4.26. The van der Waals surface area contributed by atoms with E-state index in [1.165, 1.54) is 37.1 Å². The van der Waals surface area contributed by atoms with Crippen molar-refractivity contribution in [1.29, 1.82) is 0 Å². The van der Waals surface area contributed by atoms with Crippen molar-refractivity contribution in [3.63, 3.8) is 0 Å². The standard InChI is InChI=1S/C14H21N3/c1-3-6-17-10-13(11(2)15-17)9-16-8-12-4-5-14(16)7-12/h3,10,12,14H,1,4-9H2,2H3/t12-,14-/m0/s1. The Morgan fingerprint density at radius 2 is 2.41 bits per heavy atom. The lowest BCUT2D eigenvalue weighted by atomic mass is 10.1. The van der Waals surface area contributed by atoms with Gasteiger partial charge in [-0.25, -0.2) is 0 Å². The molecule has 1 aliphatic carbocycles. The Morgan fingerprint density at radius 1 is 1.53 bits per heavy atom. The summed E-state index contributed by atoms with van der Waals surface area (Å²) in [5, 5.41) is 4.52. The first kappa shape index (κ1) is 11.0. The number of rotatable bonds is 4. The second-order valence-electron chi connectivity index (χ2n) is 5.51. The molecule has 0 unspecified atom stereocenters. The first-order chi connectivity index (χ1) is 8.26. The van der Waals surface area contributed by atoms with Gasteiger partial charge >= 0.3 is 0 Å². The number of nitrogens with zero attached hydrogens (tertiary/aromatic N) is 3. The molecular formula is C14H21N3. The highest BCUT2D eigenvalue weighted by molar-refractivity contribution is 5.16. The molecule has 3 nitrogen and oxygen atoms in total. The van der Waals surface area contributed by atoms with Crippen LogP contribution in [-0.4, -0.2) is 27.3 Å². The molecule has 1 saturated carbocycles. The fourth-order valence-corrected chi connectivity index (χ4v) is 3.38. The topological polar surface area (TPSA) is 21.1 Å². The summed E-state index contributed by atoms with van der Waals surface area (Å²) in [4.78, 5) is 2.65. The zero-order chi connectivity index (χ0) is 11.8. The highest BCUT2D eigenvalue weighted by atomic mass is 15.3. The van der Waals surface area contributed by atoms with Crippen LogP contribution < -0.4 is 0 Å². The minimum Gasteiger partial charge on any atom is -0.296 e. The molecule has 2 atom stereocenters. The number of aryl methyl sites for hydroxylation is 1. The highest BCUT2D eigenvalue weighted by Gasteiger charge is 2.37. The minimum absolute atomic E-state index is 0.812. The van der Waals surface area contributed by atoms with Crippen LogP contribution in [0.2, 0.25) is 0 Å². The number of aromatic nitrogens is 2. The maximum Gasteiger partial charge on any atom is 0.0638 e. The summed E-state index contributed by atoms with van der Waals surface area (Å²) in [6.07, 6.45) is 8.37. The van der Waals surface area contributed by atoms with Crippen molar-refractivity contribution in [1.82, 2.24) is 14.7 Å². The highest BCUT2D eigenvalue weighted by Crippen LogP contribution is 2.38. The summed E-state index contributed by atoms with van der Waals surface area (Å²) in [5.74, 6) is 0.975. The summed E-state index contributed by atoms with van der Waals surface area (Å²) in [6, 6.07) is 0.849. The molecule has 92 valence electrons. The number of hydrogen-bond acceptors (Lipinski definition) is 2. The van der Waals surface area contributed by atoms with Crippen LogP contribution in [0.15, 0.2) is 18.9 Å². The molecule has 2 fully saturated rings. The summed E-state index contributed by atoms with van der Waals surface area (Å²) in [7, 11) is 0. The van der Waals surface area contributed by atoms with Crippen molar-refractivity contribution in [2.75, 3.05) is 6.54 Å². The van der Waals surface area contributed by atoms with Crippen molar-refractivity contribution in [3.8, 4) is 0 Å². The van der Waals surface area contributed by atoms with E-state index in [0.717, 1.165) is 25.0 Å². The summed E-state index contributed by atoms with van der Waals surface area (Å²) in [5.41, 5.74) is 2.56. The van der Waals surface area contributed by atoms with Crippen molar-refractivity contribution >= 4 is 0 Å². The van der Waals surface area contributed by atoms with Crippen LogP contribution in [-0.2, 0) is 13.1 Å². The summed E-state index contributed by atoms with van der Waals surface area (Å²) in [6.45, 7) is 9.07. The zero-order valence-corrected chi connectivity index (χ0v) is 10.6. The summed E-state index contributed by atoms with van der Waals surface area (Å²) >= 11 is 0. The molecule has 3 rings (SSSR count). The Bertz CT molecular complexity index is 421. The lowest BCUT2D eigenvalue weighted by molar-refractivity contribution is 0.205. The first-order valence-electron chi connectivity index (χ1n) is 6.64. The Kier molecular flexibility index (Phi) is 2.79. The Balaban J connectivity index is 1.70. The molecule has 0 N–H and O–H groups in total. The third-order valence-corrected chi connectivity index (χ3v) is 4.26. The molecule has 1 aromatic rings. The first-order valence-corrected chi connectivity index (χ1v) is 6.64. The largest absolute Gasteiger partial charge is 0.296 e. The lowest BCUT2D eigenvalue weighted by Gasteiger charge is -2.26. The minimum atomic E-state index is 0.812. The van der Waals surface area contributed by atoms with Crippen LogP contribution >= 0.6 is 0 Å². The molecule has 1 saturated heterocycles. The molecule has 2 heterocycles. The quantitative estimate of drug-likeness (QED) is 0.742. The van der Waals surface area contributed by atoms with Crippen molar-refractivity contribution in [2.24, 2.45) is 5.92 Å². The van der Waals surface area contributed by atoms with Gasteiger partial charge in [0.25, 0.3) is 0 Å². The lowest BCUT2D eigenvalue weighted by Crippen LogP contribution is -2.31. The van der Waals surface area contributed by atoms with Gasteiger partial charge < -0.3 is 0 Å². The van der Waals surface area contributed by atoms with Gasteiger partial charge in [0.1, 0.15) is 0 Å². The smallest absolute Gasteiger partial charge is 0.0638 e. The van der Waals surface area contributed by atoms with Gasteiger partial charge in [0.05, 0.1) is 12.2 Å². The van der Waals surface area contributed by atoms with E-state index in [9.17, 15) is 0 Å². The molecule has 1 aliphatic heterocycles. The van der Waals surface area contributed by atoms with E-state index in [1.54, 1.807) is 0 Å². The molecule has 2 aliphatic rings. The Hall–Kier alpha value is -1.09. The fourth-order valence-electron chi connectivity index (χ4n) is 3.38. The van der Waals surface area contributed by atoms with Gasteiger partial charge in [-0.1, -0.05) is 6.08 Å². The van der Waals surface area contributed by atoms with Gasteiger partial charge in [0.2, 0.25) is 0 Å². The molecule has 0 aromatic carbocycles. The monoisotopic (exact) mass is 231 g/mol. The van der Waals surface area contributed by atoms with Crippen LogP contribution in [0.4, 0.5) is 0 Å². The molecule has 3 heteroatoms. The molecule has 0 amide bonds. The third kappa shape index (κ3) is 2.04. The van der Waals surface area contributed by atoms with Crippen LogP contribution in [0.3, 0.4) is 0 Å². The van der Waals surface area contributed by atoms with Crippen LogP contribution in [0.1, 0.15) is 30.5 Å². The molecule has 0 spiro atoms. The van der Waals surface area contributed by atoms with E-state index < -0.39 is 0 Å². The van der Waals surface area contributed by atoms with Gasteiger partial charge in [-0.15, -0.1) is 6.58 Å². The van der Waals surface area contributed by atoms with Crippen LogP contribution in [0.25, 0.3) is 0 Å². The SMILES string of the molecule is C=CCn1cc(CN2C[C@H]3CC[C@H]2C3)c(C)n1. The predicted octanol–water partition coefficient (Wildman–Crippen LogP) is 2.36. The van der Waals surface area contributed by atoms with E-state index in [2.05, 4.69) is 29.7 Å². The molecule has 1 aromatic heterocycles. The molecule has 17 heavy (non-hydrogen) atoms. The van der Waals surface area contributed by atoms with Crippen molar-refractivity contribution in [3.05, 3.63) is 30.1 Å². The zero-order valence-electron chi connectivity index (χ0n) is 10.6. The number of piperidine rings is 1. The van der Waals surface area contributed by atoms with E-state index in [-0.39, 0.29) is 0 Å². The van der Waals surface area contributed by atoms with Gasteiger partial charge in [-0.05, 0) is 32.1 Å². The number of likely N-dealkylation sites (tertiary alicyclic amines) is 1. The summed E-state index contributed by atoms with van der Waals surface area (Å²) < 4.78 is 1.99. The van der Waals surface area contributed by atoms with Gasteiger partial charge in [0, 0.05) is 30.9 Å². The average Bonchev–Trinajstić information content (AvgIpc) is 2.96. The average molecular weight is 231 g/mol. The predicted molar refractivity (Wildman–Crippen MR) is 68.7 cm³/mol. The van der Waals surface area contributed by atoms with E-state index in [0.29, 0.717) is 0 Å². The van der Waals surface area contributed by atoms with Gasteiger partial charge in [0.15, 0.2) is 0 Å². The molecular weight excluding hydrogens is 210 g/mol. The van der Waals surface area contributed by atoms with Crippen molar-refractivity contribution in [2.45, 2.75) is 45.3 Å². The maximum atomic E-state index is 4.52. The van der Waals surface area contributed by atoms with Gasteiger partial charge in [-0.3, -0.25) is 9.58 Å². The number of allylic oxidation sites excluding steroid dienone is 1. The Morgan fingerprint density at radius 3 is 3.06 bits per heavy atom. The van der Waals surface area contributed by atoms with Crippen LogP contribution in [0.5, 0.6) is 0 Å². The van der Waals surface area contributed by atoms with E-state index in [1.807, 2.05) is 10.8 Å². The second-order valence-corrected chi connectivity index (χ2v) is 5.51. The molecule has 2 bridgehead atoms.